The second kappa shape index (κ2) is 6.23. The van der Waals surface area contributed by atoms with E-state index in [-0.39, 0.29) is 0 Å². The number of nitrogens with one attached hydrogen (secondary N) is 2. The third kappa shape index (κ3) is 2.78. The number of hydrogen-bond acceptors (Lipinski definition) is 2. The van der Waals surface area contributed by atoms with Crippen molar-refractivity contribution in [3.63, 3.8) is 0 Å². The van der Waals surface area contributed by atoms with Gasteiger partial charge in [0.1, 0.15) is 0 Å². The predicted octanol–water partition coefficient (Wildman–Crippen LogP) is 3.03. The quantitative estimate of drug-likeness (QED) is 0.895. The van der Waals surface area contributed by atoms with E-state index in [4.69, 9.17) is 0 Å². The van der Waals surface area contributed by atoms with Gasteiger partial charge in [-0.25, -0.2) is 0 Å². The maximum absolute atomic E-state index is 4.65. The van der Waals surface area contributed by atoms with Gasteiger partial charge in [0, 0.05) is 18.0 Å². The van der Waals surface area contributed by atoms with Crippen LogP contribution in [0.2, 0.25) is 0 Å². The molecule has 1 aliphatic rings. The molecular weight excluding hydrogens is 246 g/mol. The van der Waals surface area contributed by atoms with Crippen LogP contribution >= 0.6 is 0 Å². The fourth-order valence-corrected chi connectivity index (χ4v) is 3.19. The van der Waals surface area contributed by atoms with Crippen molar-refractivity contribution in [2.45, 2.75) is 38.5 Å². The van der Waals surface area contributed by atoms with Crippen LogP contribution in [-0.4, -0.2) is 23.3 Å². The molecule has 1 aromatic carbocycles. The average molecular weight is 269 g/mol. The maximum atomic E-state index is 4.65. The molecule has 2 heterocycles. The Morgan fingerprint density at radius 1 is 1.15 bits per heavy atom. The van der Waals surface area contributed by atoms with Crippen molar-refractivity contribution in [1.82, 2.24) is 15.5 Å². The van der Waals surface area contributed by atoms with Crippen LogP contribution in [0, 0.1) is 0 Å². The molecule has 0 bridgehead atoms. The molecule has 1 saturated heterocycles. The van der Waals surface area contributed by atoms with E-state index in [0.717, 1.165) is 25.9 Å². The normalized spacial score (nSPS) is 16.4. The van der Waals surface area contributed by atoms with Gasteiger partial charge in [-0.2, -0.15) is 5.10 Å². The van der Waals surface area contributed by atoms with Crippen LogP contribution in [0.25, 0.3) is 0 Å². The van der Waals surface area contributed by atoms with Gasteiger partial charge in [-0.05, 0) is 43.5 Å². The van der Waals surface area contributed by atoms with E-state index < -0.39 is 0 Å². The van der Waals surface area contributed by atoms with Crippen molar-refractivity contribution in [3.05, 3.63) is 52.8 Å². The first-order valence-corrected chi connectivity index (χ1v) is 7.69. The van der Waals surface area contributed by atoms with Gasteiger partial charge in [0.2, 0.25) is 0 Å². The van der Waals surface area contributed by atoms with Crippen LogP contribution in [0.4, 0.5) is 0 Å². The Kier molecular flexibility index (Phi) is 4.16. The van der Waals surface area contributed by atoms with Gasteiger partial charge in [-0.3, -0.25) is 5.10 Å². The van der Waals surface area contributed by atoms with Crippen LogP contribution in [-0.2, 0) is 12.8 Å². The fraction of sp³-hybridized carbons (Fsp3) is 0.471. The van der Waals surface area contributed by atoms with E-state index in [0.29, 0.717) is 5.92 Å². The van der Waals surface area contributed by atoms with Crippen LogP contribution in [0.5, 0.6) is 0 Å². The summed E-state index contributed by atoms with van der Waals surface area (Å²) in [5, 5.41) is 11.4. The van der Waals surface area contributed by atoms with E-state index in [1.54, 1.807) is 0 Å². The highest BCUT2D eigenvalue weighted by Gasteiger charge is 2.22. The summed E-state index contributed by atoms with van der Waals surface area (Å²) in [6, 6.07) is 10.6. The number of benzene rings is 1. The molecule has 1 aliphatic heterocycles. The molecule has 106 valence electrons. The number of hydrogen-bond donors (Lipinski definition) is 2. The Morgan fingerprint density at radius 3 is 2.60 bits per heavy atom. The minimum atomic E-state index is 0.631. The highest BCUT2D eigenvalue weighted by molar-refractivity contribution is 5.32. The van der Waals surface area contributed by atoms with Crippen molar-refractivity contribution in [1.29, 1.82) is 0 Å². The van der Waals surface area contributed by atoms with Gasteiger partial charge in [-0.15, -0.1) is 0 Å². The minimum absolute atomic E-state index is 0.631. The van der Waals surface area contributed by atoms with E-state index in [1.807, 2.05) is 0 Å². The zero-order chi connectivity index (χ0) is 13.8. The van der Waals surface area contributed by atoms with Gasteiger partial charge >= 0.3 is 0 Å². The Labute approximate surface area is 120 Å². The molecule has 0 radical (unpaired) electrons. The van der Waals surface area contributed by atoms with Gasteiger partial charge in [0.05, 0.1) is 5.69 Å². The lowest BCUT2D eigenvalue weighted by Crippen LogP contribution is -2.27. The molecule has 0 spiro atoms. The van der Waals surface area contributed by atoms with E-state index >= 15 is 0 Å². The summed E-state index contributed by atoms with van der Waals surface area (Å²) in [5.74, 6) is 0.631. The van der Waals surface area contributed by atoms with Crippen LogP contribution < -0.4 is 5.32 Å². The number of rotatable bonds is 4. The lowest BCUT2D eigenvalue weighted by Gasteiger charge is -2.22. The van der Waals surface area contributed by atoms with E-state index in [1.165, 1.54) is 35.4 Å². The molecule has 3 heteroatoms. The van der Waals surface area contributed by atoms with Gasteiger partial charge < -0.3 is 5.32 Å². The summed E-state index contributed by atoms with van der Waals surface area (Å²) in [6.07, 6.45) is 4.45. The number of aromatic amines is 1. The van der Waals surface area contributed by atoms with Gasteiger partial charge in [0.25, 0.3) is 0 Å². The standard InChI is InChI=1S/C17H23N3/c1-2-15-16(12-13-6-4-3-5-7-13)19-20-17(15)14-8-10-18-11-9-14/h3-7,14,18H,2,8-12H2,1H3,(H,19,20). The number of nitrogens with zero attached hydrogens (tertiary/aromatic N) is 1. The molecule has 1 fully saturated rings. The molecule has 0 unspecified atom stereocenters. The molecular formula is C17H23N3. The van der Waals surface area contributed by atoms with Gasteiger partial charge in [0.15, 0.2) is 0 Å². The smallest absolute Gasteiger partial charge is 0.0688 e. The summed E-state index contributed by atoms with van der Waals surface area (Å²) in [7, 11) is 0. The summed E-state index contributed by atoms with van der Waals surface area (Å²) in [6.45, 7) is 4.48. The second-order valence-electron chi connectivity index (χ2n) is 5.61. The first-order chi connectivity index (χ1) is 9.88. The van der Waals surface area contributed by atoms with Crippen LogP contribution in [0.15, 0.2) is 30.3 Å². The lowest BCUT2D eigenvalue weighted by molar-refractivity contribution is 0.451. The summed E-state index contributed by atoms with van der Waals surface area (Å²) >= 11 is 0. The number of piperidine rings is 1. The number of H-pyrrole nitrogens is 1. The molecule has 3 nitrogen and oxygen atoms in total. The molecule has 1 aromatic heterocycles. The first kappa shape index (κ1) is 13.4. The van der Waals surface area contributed by atoms with E-state index in [2.05, 4.69) is 52.8 Å². The third-order valence-corrected chi connectivity index (χ3v) is 4.29. The summed E-state index contributed by atoms with van der Waals surface area (Å²) in [4.78, 5) is 0. The molecule has 2 aromatic rings. The van der Waals surface area contributed by atoms with Crippen molar-refractivity contribution < 1.29 is 0 Å². The largest absolute Gasteiger partial charge is 0.317 e. The maximum Gasteiger partial charge on any atom is 0.0688 e. The number of aromatic nitrogens is 2. The van der Waals surface area contributed by atoms with Crippen molar-refractivity contribution in [2.75, 3.05) is 13.1 Å². The van der Waals surface area contributed by atoms with Crippen LogP contribution in [0.3, 0.4) is 0 Å². The lowest BCUT2D eigenvalue weighted by atomic mass is 9.90. The van der Waals surface area contributed by atoms with Crippen molar-refractivity contribution >= 4 is 0 Å². The first-order valence-electron chi connectivity index (χ1n) is 7.69. The molecule has 0 aliphatic carbocycles. The molecule has 3 rings (SSSR count). The van der Waals surface area contributed by atoms with Crippen LogP contribution in [0.1, 0.15) is 48.2 Å². The SMILES string of the molecule is CCc1c(C2CCNCC2)n[nH]c1Cc1ccccc1. The summed E-state index contributed by atoms with van der Waals surface area (Å²) in [5.41, 5.74) is 5.41. The Hall–Kier alpha value is -1.61. The third-order valence-electron chi connectivity index (χ3n) is 4.29. The second-order valence-corrected chi connectivity index (χ2v) is 5.61. The van der Waals surface area contributed by atoms with Crippen molar-refractivity contribution in [3.8, 4) is 0 Å². The van der Waals surface area contributed by atoms with Crippen molar-refractivity contribution in [2.24, 2.45) is 0 Å². The summed E-state index contributed by atoms with van der Waals surface area (Å²) < 4.78 is 0. The molecule has 2 N–H and O–H groups in total. The highest BCUT2D eigenvalue weighted by Crippen LogP contribution is 2.29. The monoisotopic (exact) mass is 269 g/mol. The topological polar surface area (TPSA) is 40.7 Å². The average Bonchev–Trinajstić information content (AvgIpc) is 2.92. The highest BCUT2D eigenvalue weighted by atomic mass is 15.1. The zero-order valence-corrected chi connectivity index (χ0v) is 12.2. The Morgan fingerprint density at radius 2 is 1.90 bits per heavy atom. The minimum Gasteiger partial charge on any atom is -0.317 e. The zero-order valence-electron chi connectivity index (χ0n) is 12.2. The van der Waals surface area contributed by atoms with E-state index in [9.17, 15) is 0 Å². The molecule has 0 atom stereocenters. The predicted molar refractivity (Wildman–Crippen MR) is 82.1 cm³/mol. The van der Waals surface area contributed by atoms with Gasteiger partial charge in [-0.1, -0.05) is 37.3 Å². The molecule has 0 saturated carbocycles. The Balaban J connectivity index is 1.83. The Bertz CT molecular complexity index is 539. The molecule has 20 heavy (non-hydrogen) atoms. The molecule has 0 amide bonds. The fourth-order valence-electron chi connectivity index (χ4n) is 3.19.